The monoisotopic (exact) mass is 457 g/mol. The second-order valence-corrected chi connectivity index (χ2v) is 5.71. The number of halogens is 2. The Labute approximate surface area is 165 Å². The first-order valence-corrected chi connectivity index (χ1v) is 8.06. The van der Waals surface area contributed by atoms with E-state index in [0.717, 1.165) is 24.9 Å². The normalized spacial score (nSPS) is 10.9. The van der Waals surface area contributed by atoms with E-state index in [1.165, 1.54) is 5.56 Å². The molecule has 3 N–H and O–H groups in total. The van der Waals surface area contributed by atoms with E-state index in [1.54, 1.807) is 38.2 Å². The average molecular weight is 457 g/mol. The summed E-state index contributed by atoms with van der Waals surface area (Å²) in [6.45, 7) is 3.05. The fourth-order valence-corrected chi connectivity index (χ4v) is 2.31. The molecule has 0 radical (unpaired) electrons. The minimum Gasteiger partial charge on any atom is -0.508 e. The number of guanidine groups is 1. The minimum atomic E-state index is -0.189. The molecule has 4 nitrogen and oxygen atoms in total. The summed E-state index contributed by atoms with van der Waals surface area (Å²) >= 11 is 0. The van der Waals surface area contributed by atoms with Crippen LogP contribution in [0.25, 0.3) is 0 Å². The summed E-state index contributed by atoms with van der Waals surface area (Å²) < 4.78 is 13.5. The van der Waals surface area contributed by atoms with Gasteiger partial charge in [0.15, 0.2) is 5.96 Å². The summed E-state index contributed by atoms with van der Waals surface area (Å²) in [7, 11) is 1.71. The first-order valence-electron chi connectivity index (χ1n) is 8.06. The lowest BCUT2D eigenvalue weighted by molar-refractivity contribution is 0.475. The largest absolute Gasteiger partial charge is 0.508 e. The summed E-state index contributed by atoms with van der Waals surface area (Å²) in [6.07, 6.45) is 1.87. The molecule has 0 saturated heterocycles. The molecular formula is C19H25FIN3O. The van der Waals surface area contributed by atoms with Crippen molar-refractivity contribution in [3.8, 4) is 5.75 Å². The molecule has 0 saturated carbocycles. The zero-order valence-electron chi connectivity index (χ0n) is 14.6. The number of phenols is 1. The Kier molecular flexibility index (Phi) is 9.26. The third kappa shape index (κ3) is 7.29. The molecule has 0 aromatic heterocycles. The number of hydrogen-bond acceptors (Lipinski definition) is 2. The molecule has 0 aliphatic heterocycles. The molecule has 0 unspecified atom stereocenters. The van der Waals surface area contributed by atoms with Crippen molar-refractivity contribution in [3.05, 3.63) is 65.0 Å². The number of aromatic hydroxyl groups is 1. The van der Waals surface area contributed by atoms with E-state index in [1.807, 2.05) is 18.2 Å². The maximum Gasteiger partial charge on any atom is 0.191 e. The van der Waals surface area contributed by atoms with E-state index in [4.69, 9.17) is 0 Å². The SMILES string of the molecule is CN=C(NCCCc1ccc(O)cc1)NCc1ccc(C)c(F)c1.I. The van der Waals surface area contributed by atoms with Gasteiger partial charge < -0.3 is 15.7 Å². The van der Waals surface area contributed by atoms with Crippen molar-refractivity contribution in [1.29, 1.82) is 0 Å². The van der Waals surface area contributed by atoms with Crippen LogP contribution in [-0.2, 0) is 13.0 Å². The van der Waals surface area contributed by atoms with E-state index >= 15 is 0 Å². The number of benzene rings is 2. The molecule has 0 amide bonds. The maximum absolute atomic E-state index is 13.5. The van der Waals surface area contributed by atoms with Crippen LogP contribution in [0.4, 0.5) is 4.39 Å². The van der Waals surface area contributed by atoms with E-state index < -0.39 is 0 Å². The molecule has 2 aromatic rings. The third-order valence-electron chi connectivity index (χ3n) is 3.79. The van der Waals surface area contributed by atoms with Crippen molar-refractivity contribution in [2.75, 3.05) is 13.6 Å². The Morgan fingerprint density at radius 2 is 1.76 bits per heavy atom. The second-order valence-electron chi connectivity index (χ2n) is 5.71. The van der Waals surface area contributed by atoms with Crippen molar-refractivity contribution < 1.29 is 9.50 Å². The van der Waals surface area contributed by atoms with E-state index in [0.29, 0.717) is 18.1 Å². The van der Waals surface area contributed by atoms with Gasteiger partial charge in [0.2, 0.25) is 0 Å². The van der Waals surface area contributed by atoms with Crippen molar-refractivity contribution in [2.45, 2.75) is 26.3 Å². The molecule has 0 heterocycles. The van der Waals surface area contributed by atoms with Crippen LogP contribution in [0.1, 0.15) is 23.1 Å². The van der Waals surface area contributed by atoms with Gasteiger partial charge in [-0.15, -0.1) is 24.0 Å². The van der Waals surface area contributed by atoms with Gasteiger partial charge in [-0.2, -0.15) is 0 Å². The van der Waals surface area contributed by atoms with E-state index in [9.17, 15) is 9.50 Å². The van der Waals surface area contributed by atoms with Crippen molar-refractivity contribution in [1.82, 2.24) is 10.6 Å². The lowest BCUT2D eigenvalue weighted by atomic mass is 10.1. The molecule has 2 aromatic carbocycles. The predicted octanol–water partition coefficient (Wildman–Crippen LogP) is 3.76. The van der Waals surface area contributed by atoms with Crippen LogP contribution in [0.5, 0.6) is 5.75 Å². The Morgan fingerprint density at radius 1 is 1.08 bits per heavy atom. The van der Waals surface area contributed by atoms with Crippen LogP contribution >= 0.6 is 24.0 Å². The highest BCUT2D eigenvalue weighted by Gasteiger charge is 2.02. The highest BCUT2D eigenvalue weighted by atomic mass is 127. The lowest BCUT2D eigenvalue weighted by Crippen LogP contribution is -2.37. The number of rotatable bonds is 6. The Hall–Kier alpha value is -1.83. The number of nitrogens with zero attached hydrogens (tertiary/aromatic N) is 1. The van der Waals surface area contributed by atoms with Crippen LogP contribution in [0.15, 0.2) is 47.5 Å². The first-order chi connectivity index (χ1) is 11.6. The summed E-state index contributed by atoms with van der Waals surface area (Å²) in [6, 6.07) is 12.5. The van der Waals surface area contributed by atoms with Gasteiger partial charge >= 0.3 is 0 Å². The van der Waals surface area contributed by atoms with Crippen LogP contribution in [0, 0.1) is 12.7 Å². The van der Waals surface area contributed by atoms with Gasteiger partial charge in [-0.25, -0.2) is 4.39 Å². The Bertz CT molecular complexity index is 690. The van der Waals surface area contributed by atoms with Gasteiger partial charge in [0.1, 0.15) is 11.6 Å². The van der Waals surface area contributed by atoms with E-state index in [-0.39, 0.29) is 35.5 Å². The standard InChI is InChI=1S/C19H24FN3O.HI/c1-14-5-6-16(12-18(14)20)13-23-19(21-2)22-11-3-4-15-7-9-17(24)10-8-15;/h5-10,12,24H,3-4,11,13H2,1-2H3,(H2,21,22,23);1H. The summed E-state index contributed by atoms with van der Waals surface area (Å²) in [5.41, 5.74) is 2.72. The molecular weight excluding hydrogens is 432 g/mol. The topological polar surface area (TPSA) is 56.7 Å². The smallest absolute Gasteiger partial charge is 0.191 e. The summed E-state index contributed by atoms with van der Waals surface area (Å²) in [5, 5.41) is 15.7. The molecule has 25 heavy (non-hydrogen) atoms. The van der Waals surface area contributed by atoms with Gasteiger partial charge in [0, 0.05) is 20.1 Å². The molecule has 0 fully saturated rings. The number of phenolic OH excluding ortho intramolecular Hbond substituents is 1. The fraction of sp³-hybridized carbons (Fsp3) is 0.316. The van der Waals surface area contributed by atoms with Crippen molar-refractivity contribution >= 4 is 29.9 Å². The van der Waals surface area contributed by atoms with Crippen LogP contribution < -0.4 is 10.6 Å². The highest BCUT2D eigenvalue weighted by Crippen LogP contribution is 2.11. The average Bonchev–Trinajstić information content (AvgIpc) is 2.59. The molecule has 136 valence electrons. The number of aryl methyl sites for hydroxylation is 2. The van der Waals surface area contributed by atoms with Crippen molar-refractivity contribution in [3.63, 3.8) is 0 Å². The predicted molar refractivity (Wildman–Crippen MR) is 111 cm³/mol. The quantitative estimate of drug-likeness (QED) is 0.268. The maximum atomic E-state index is 13.5. The van der Waals surface area contributed by atoms with Gasteiger partial charge in [-0.05, 0) is 54.7 Å². The first kappa shape index (κ1) is 21.2. The van der Waals surface area contributed by atoms with Gasteiger partial charge in [-0.1, -0.05) is 24.3 Å². The number of aliphatic imine (C=N–C) groups is 1. The molecule has 0 aliphatic rings. The third-order valence-corrected chi connectivity index (χ3v) is 3.79. The summed E-state index contributed by atoms with van der Waals surface area (Å²) in [5.74, 6) is 0.793. The highest BCUT2D eigenvalue weighted by molar-refractivity contribution is 14.0. The van der Waals surface area contributed by atoms with Crippen LogP contribution in [0.3, 0.4) is 0 Å². The molecule has 0 atom stereocenters. The zero-order valence-corrected chi connectivity index (χ0v) is 16.9. The Balaban J connectivity index is 0.00000312. The van der Waals surface area contributed by atoms with Gasteiger partial charge in [-0.3, -0.25) is 4.99 Å². The number of nitrogens with one attached hydrogen (secondary N) is 2. The van der Waals surface area contributed by atoms with E-state index in [2.05, 4.69) is 15.6 Å². The zero-order chi connectivity index (χ0) is 17.4. The number of hydrogen-bond donors (Lipinski definition) is 3. The Morgan fingerprint density at radius 3 is 2.40 bits per heavy atom. The van der Waals surface area contributed by atoms with Gasteiger partial charge in [0.05, 0.1) is 0 Å². The van der Waals surface area contributed by atoms with Gasteiger partial charge in [0.25, 0.3) is 0 Å². The lowest BCUT2D eigenvalue weighted by Gasteiger charge is -2.12. The fourth-order valence-electron chi connectivity index (χ4n) is 2.31. The minimum absolute atomic E-state index is 0. The molecule has 6 heteroatoms. The molecule has 0 spiro atoms. The summed E-state index contributed by atoms with van der Waals surface area (Å²) in [4.78, 5) is 4.17. The van der Waals surface area contributed by atoms with Crippen molar-refractivity contribution in [2.24, 2.45) is 4.99 Å². The molecule has 2 rings (SSSR count). The van der Waals surface area contributed by atoms with Crippen LogP contribution in [0.2, 0.25) is 0 Å². The van der Waals surface area contributed by atoms with Crippen LogP contribution in [-0.4, -0.2) is 24.7 Å². The molecule has 0 bridgehead atoms. The second kappa shape index (κ2) is 10.9. The molecule has 0 aliphatic carbocycles.